The first-order valence-corrected chi connectivity index (χ1v) is 7.20. The Morgan fingerprint density at radius 1 is 0.950 bits per heavy atom. The summed E-state index contributed by atoms with van der Waals surface area (Å²) in [4.78, 5) is 0. The average molecular weight is 285 g/mol. The van der Waals surface area contributed by atoms with Gasteiger partial charge in [-0.1, -0.05) is 48.0 Å². The van der Waals surface area contributed by atoms with E-state index in [1.54, 1.807) is 0 Å². The topological polar surface area (TPSA) is 17.0 Å². The Kier molecular flexibility index (Phi) is 4.05. The second kappa shape index (κ2) is 6.12. The molecular weight excluding hydrogens is 268 g/mol. The van der Waals surface area contributed by atoms with Gasteiger partial charge in [0, 0.05) is 41.8 Å². The van der Waals surface area contributed by atoms with Gasteiger partial charge in [-0.15, -0.1) is 0 Å². The van der Waals surface area contributed by atoms with Crippen molar-refractivity contribution < 1.29 is 0 Å². The SMILES string of the molecule is Clc1cccc2c1ccn2CCNCc1ccccc1. The van der Waals surface area contributed by atoms with E-state index in [1.165, 1.54) is 11.1 Å². The Labute approximate surface area is 124 Å². The number of hydrogen-bond acceptors (Lipinski definition) is 1. The maximum atomic E-state index is 6.18. The Hall–Kier alpha value is -1.77. The van der Waals surface area contributed by atoms with Gasteiger partial charge in [-0.25, -0.2) is 0 Å². The van der Waals surface area contributed by atoms with E-state index in [0.717, 1.165) is 30.0 Å². The number of rotatable bonds is 5. The highest BCUT2D eigenvalue weighted by Gasteiger charge is 2.03. The summed E-state index contributed by atoms with van der Waals surface area (Å²) in [7, 11) is 0. The molecule has 0 aliphatic rings. The first-order chi connectivity index (χ1) is 9.84. The van der Waals surface area contributed by atoms with Crippen LogP contribution in [-0.4, -0.2) is 11.1 Å². The molecule has 0 bridgehead atoms. The number of nitrogens with zero attached hydrogens (tertiary/aromatic N) is 1. The van der Waals surface area contributed by atoms with Crippen molar-refractivity contribution in [2.24, 2.45) is 0 Å². The molecule has 3 heteroatoms. The highest BCUT2D eigenvalue weighted by Crippen LogP contribution is 2.23. The monoisotopic (exact) mass is 284 g/mol. The average Bonchev–Trinajstić information content (AvgIpc) is 2.90. The summed E-state index contributed by atoms with van der Waals surface area (Å²) in [6.45, 7) is 2.78. The van der Waals surface area contributed by atoms with Gasteiger partial charge in [0.15, 0.2) is 0 Å². The molecule has 0 aliphatic carbocycles. The molecule has 0 unspecified atom stereocenters. The van der Waals surface area contributed by atoms with E-state index in [1.807, 2.05) is 18.2 Å². The van der Waals surface area contributed by atoms with Gasteiger partial charge in [-0.05, 0) is 23.8 Å². The van der Waals surface area contributed by atoms with Crippen molar-refractivity contribution in [2.45, 2.75) is 13.1 Å². The number of halogens is 1. The molecule has 0 aliphatic heterocycles. The molecule has 1 N–H and O–H groups in total. The van der Waals surface area contributed by atoms with E-state index in [0.29, 0.717) is 0 Å². The van der Waals surface area contributed by atoms with Crippen molar-refractivity contribution >= 4 is 22.5 Å². The fourth-order valence-electron chi connectivity index (χ4n) is 2.41. The Morgan fingerprint density at radius 2 is 1.80 bits per heavy atom. The fourth-order valence-corrected chi connectivity index (χ4v) is 2.64. The Morgan fingerprint density at radius 3 is 2.65 bits per heavy atom. The van der Waals surface area contributed by atoms with Gasteiger partial charge >= 0.3 is 0 Å². The van der Waals surface area contributed by atoms with Crippen molar-refractivity contribution in [1.82, 2.24) is 9.88 Å². The summed E-state index contributed by atoms with van der Waals surface area (Å²) in [5.74, 6) is 0. The third kappa shape index (κ3) is 2.87. The molecule has 0 radical (unpaired) electrons. The third-order valence-electron chi connectivity index (χ3n) is 3.46. The zero-order valence-electron chi connectivity index (χ0n) is 11.2. The van der Waals surface area contributed by atoms with Crippen LogP contribution in [0, 0.1) is 0 Å². The lowest BCUT2D eigenvalue weighted by molar-refractivity contribution is 0.609. The molecule has 0 saturated carbocycles. The second-order valence-corrected chi connectivity index (χ2v) is 5.25. The smallest absolute Gasteiger partial charge is 0.0499 e. The standard InChI is InChI=1S/C17H17ClN2/c18-16-7-4-8-17-15(16)9-11-20(17)12-10-19-13-14-5-2-1-3-6-14/h1-9,11,19H,10,12-13H2. The lowest BCUT2D eigenvalue weighted by Crippen LogP contribution is -2.19. The Balaban J connectivity index is 1.59. The van der Waals surface area contributed by atoms with Crippen LogP contribution in [0.3, 0.4) is 0 Å². The van der Waals surface area contributed by atoms with Gasteiger partial charge in [0.1, 0.15) is 0 Å². The molecule has 3 aromatic rings. The second-order valence-electron chi connectivity index (χ2n) is 4.84. The van der Waals surface area contributed by atoms with Crippen LogP contribution in [0.15, 0.2) is 60.8 Å². The lowest BCUT2D eigenvalue weighted by Gasteiger charge is -2.07. The summed E-state index contributed by atoms with van der Waals surface area (Å²) in [5, 5.41) is 5.41. The first kappa shape index (κ1) is 13.2. The largest absolute Gasteiger partial charge is 0.346 e. The quantitative estimate of drug-likeness (QED) is 0.699. The van der Waals surface area contributed by atoms with Crippen LogP contribution in [-0.2, 0) is 13.1 Å². The van der Waals surface area contributed by atoms with Crippen molar-refractivity contribution in [3.05, 3.63) is 71.4 Å². The molecule has 2 aromatic carbocycles. The van der Waals surface area contributed by atoms with E-state index in [-0.39, 0.29) is 0 Å². The van der Waals surface area contributed by atoms with E-state index in [2.05, 4.69) is 52.5 Å². The molecule has 0 fully saturated rings. The zero-order valence-corrected chi connectivity index (χ0v) is 12.0. The highest BCUT2D eigenvalue weighted by molar-refractivity contribution is 6.35. The molecule has 1 aromatic heterocycles. The van der Waals surface area contributed by atoms with Gasteiger partial charge in [0.25, 0.3) is 0 Å². The molecule has 1 heterocycles. The number of hydrogen-bond donors (Lipinski definition) is 1. The van der Waals surface area contributed by atoms with Crippen LogP contribution in [0.25, 0.3) is 10.9 Å². The van der Waals surface area contributed by atoms with Crippen LogP contribution in [0.4, 0.5) is 0 Å². The predicted molar refractivity (Wildman–Crippen MR) is 85.1 cm³/mol. The molecule has 0 atom stereocenters. The highest BCUT2D eigenvalue weighted by atomic mass is 35.5. The van der Waals surface area contributed by atoms with E-state index < -0.39 is 0 Å². The van der Waals surface area contributed by atoms with Gasteiger partial charge in [0.2, 0.25) is 0 Å². The number of nitrogens with one attached hydrogen (secondary N) is 1. The molecule has 102 valence electrons. The summed E-state index contributed by atoms with van der Waals surface area (Å²) < 4.78 is 2.24. The van der Waals surface area contributed by atoms with Crippen LogP contribution in [0.5, 0.6) is 0 Å². The number of benzene rings is 2. The van der Waals surface area contributed by atoms with Crippen molar-refractivity contribution in [1.29, 1.82) is 0 Å². The van der Waals surface area contributed by atoms with Crippen molar-refractivity contribution in [2.75, 3.05) is 6.54 Å². The molecule has 3 rings (SSSR count). The summed E-state index contributed by atoms with van der Waals surface area (Å²) in [5.41, 5.74) is 2.51. The van der Waals surface area contributed by atoms with Gasteiger partial charge in [0.05, 0.1) is 0 Å². The fraction of sp³-hybridized carbons (Fsp3) is 0.176. The van der Waals surface area contributed by atoms with Gasteiger partial charge < -0.3 is 9.88 Å². The maximum absolute atomic E-state index is 6.18. The number of fused-ring (bicyclic) bond motifs is 1. The molecule has 2 nitrogen and oxygen atoms in total. The molecular formula is C17H17ClN2. The Bertz CT molecular complexity index is 689. The normalized spacial score (nSPS) is 11.1. The lowest BCUT2D eigenvalue weighted by atomic mass is 10.2. The summed E-state index contributed by atoms with van der Waals surface area (Å²) >= 11 is 6.18. The predicted octanol–water partition coefficient (Wildman–Crippen LogP) is 4.08. The molecule has 0 spiro atoms. The first-order valence-electron chi connectivity index (χ1n) is 6.82. The minimum Gasteiger partial charge on any atom is -0.346 e. The molecule has 0 saturated heterocycles. The van der Waals surface area contributed by atoms with Gasteiger partial charge in [-0.3, -0.25) is 0 Å². The summed E-state index contributed by atoms with van der Waals surface area (Å²) in [6, 6.07) is 18.6. The van der Waals surface area contributed by atoms with Gasteiger partial charge in [-0.2, -0.15) is 0 Å². The zero-order chi connectivity index (χ0) is 13.8. The van der Waals surface area contributed by atoms with E-state index in [9.17, 15) is 0 Å². The molecule has 20 heavy (non-hydrogen) atoms. The van der Waals surface area contributed by atoms with Crippen LogP contribution >= 0.6 is 11.6 Å². The molecule has 0 amide bonds. The van der Waals surface area contributed by atoms with Crippen LogP contribution in [0.2, 0.25) is 5.02 Å². The third-order valence-corrected chi connectivity index (χ3v) is 3.79. The van der Waals surface area contributed by atoms with Crippen LogP contribution < -0.4 is 5.32 Å². The van der Waals surface area contributed by atoms with E-state index >= 15 is 0 Å². The number of aromatic nitrogens is 1. The summed E-state index contributed by atoms with van der Waals surface area (Å²) in [6.07, 6.45) is 2.10. The van der Waals surface area contributed by atoms with E-state index in [4.69, 9.17) is 11.6 Å². The minimum atomic E-state index is 0.818. The van der Waals surface area contributed by atoms with Crippen LogP contribution in [0.1, 0.15) is 5.56 Å². The minimum absolute atomic E-state index is 0.818. The van der Waals surface area contributed by atoms with Crippen molar-refractivity contribution in [3.63, 3.8) is 0 Å². The maximum Gasteiger partial charge on any atom is 0.0499 e. The van der Waals surface area contributed by atoms with Crippen molar-refractivity contribution in [3.8, 4) is 0 Å².